The lowest BCUT2D eigenvalue weighted by molar-refractivity contribution is -0.145. The molecule has 0 bridgehead atoms. The molecule has 17 heavy (non-hydrogen) atoms. The van der Waals surface area contributed by atoms with E-state index in [9.17, 15) is 9.90 Å². The molecule has 0 radical (unpaired) electrons. The summed E-state index contributed by atoms with van der Waals surface area (Å²) in [4.78, 5) is 11.6. The van der Waals surface area contributed by atoms with Gasteiger partial charge in [0, 0.05) is 0 Å². The van der Waals surface area contributed by atoms with Gasteiger partial charge in [0.25, 0.3) is 0 Å². The molecular weight excluding hydrogens is 212 g/mol. The van der Waals surface area contributed by atoms with Crippen LogP contribution in [0.2, 0.25) is 0 Å². The number of benzene rings is 1. The molecule has 0 aromatic heterocycles. The monoisotopic (exact) mass is 230 g/mol. The van der Waals surface area contributed by atoms with E-state index in [-0.39, 0.29) is 0 Å². The molecule has 2 rings (SSSR count). The Morgan fingerprint density at radius 3 is 2.24 bits per heavy atom. The maximum absolute atomic E-state index is 11.6. The fourth-order valence-corrected chi connectivity index (χ4v) is 2.72. The summed E-state index contributed by atoms with van der Waals surface area (Å²) in [5.41, 5.74) is 1.32. The summed E-state index contributed by atoms with van der Waals surface area (Å²) in [6.07, 6.45) is 6.47. The second-order valence-corrected chi connectivity index (χ2v) is 4.77. The van der Waals surface area contributed by atoms with Crippen LogP contribution in [0.3, 0.4) is 0 Å². The highest BCUT2D eigenvalue weighted by molar-refractivity contribution is 5.81. The van der Waals surface area contributed by atoms with E-state index in [0.717, 1.165) is 43.2 Å². The predicted octanol–water partition coefficient (Wildman–Crippen LogP) is 3.62. The molecule has 0 aliphatic heterocycles. The van der Waals surface area contributed by atoms with E-state index in [0.29, 0.717) is 0 Å². The molecule has 1 aromatic carbocycles. The zero-order chi connectivity index (χ0) is 12.3. The van der Waals surface area contributed by atoms with Gasteiger partial charge in [-0.2, -0.15) is 0 Å². The van der Waals surface area contributed by atoms with Gasteiger partial charge in [0.1, 0.15) is 0 Å². The second kappa shape index (κ2) is 4.74. The molecule has 1 aliphatic rings. The van der Waals surface area contributed by atoms with Crippen LogP contribution < -0.4 is 0 Å². The smallest absolute Gasteiger partial charge is 0.314 e. The molecule has 0 heterocycles. The lowest BCUT2D eigenvalue weighted by Crippen LogP contribution is -2.37. The van der Waals surface area contributed by atoms with Crippen molar-refractivity contribution < 1.29 is 9.90 Å². The highest BCUT2D eigenvalue weighted by Gasteiger charge is 2.40. The minimum absolute atomic E-state index is 0.655. The Hall–Kier alpha value is -1.57. The molecule has 2 heteroatoms. The molecule has 1 fully saturated rings. The van der Waals surface area contributed by atoms with E-state index < -0.39 is 11.4 Å². The van der Waals surface area contributed by atoms with Crippen LogP contribution in [-0.2, 0) is 10.2 Å². The average molecular weight is 230 g/mol. The molecule has 0 spiro atoms. The van der Waals surface area contributed by atoms with Crippen molar-refractivity contribution >= 4 is 12.0 Å². The van der Waals surface area contributed by atoms with Crippen LogP contribution in [0.5, 0.6) is 0 Å². The van der Waals surface area contributed by atoms with Crippen molar-refractivity contribution in [2.45, 2.75) is 37.5 Å². The highest BCUT2D eigenvalue weighted by Crippen LogP contribution is 2.39. The van der Waals surface area contributed by atoms with Crippen molar-refractivity contribution in [3.63, 3.8) is 0 Å². The summed E-state index contributed by atoms with van der Waals surface area (Å²) >= 11 is 0. The van der Waals surface area contributed by atoms with Gasteiger partial charge in [-0.1, -0.05) is 56.2 Å². The van der Waals surface area contributed by atoms with Gasteiger partial charge in [-0.3, -0.25) is 4.79 Å². The third-order valence-electron chi connectivity index (χ3n) is 3.82. The summed E-state index contributed by atoms with van der Waals surface area (Å²) < 4.78 is 0. The predicted molar refractivity (Wildman–Crippen MR) is 68.9 cm³/mol. The minimum atomic E-state index is -0.677. The molecular formula is C15H18O2. The maximum Gasteiger partial charge on any atom is 0.314 e. The van der Waals surface area contributed by atoms with Gasteiger partial charge < -0.3 is 5.11 Å². The van der Waals surface area contributed by atoms with Crippen molar-refractivity contribution in [1.82, 2.24) is 0 Å². The van der Waals surface area contributed by atoms with Crippen LogP contribution in [-0.4, -0.2) is 11.1 Å². The number of rotatable bonds is 3. The molecule has 90 valence electrons. The Bertz CT molecular complexity index is 411. The lowest BCUT2D eigenvalue weighted by Gasteiger charge is -2.33. The molecule has 2 nitrogen and oxygen atoms in total. The highest BCUT2D eigenvalue weighted by atomic mass is 16.4. The van der Waals surface area contributed by atoms with E-state index in [2.05, 4.69) is 6.58 Å². The minimum Gasteiger partial charge on any atom is -0.481 e. The average Bonchev–Trinajstić information content (AvgIpc) is 2.39. The molecule has 0 amide bonds. The van der Waals surface area contributed by atoms with Gasteiger partial charge >= 0.3 is 5.97 Å². The molecule has 1 aromatic rings. The fourth-order valence-electron chi connectivity index (χ4n) is 2.72. The van der Waals surface area contributed by atoms with Crippen LogP contribution in [0.1, 0.15) is 43.2 Å². The van der Waals surface area contributed by atoms with Crippen LogP contribution in [0.4, 0.5) is 0 Å². The van der Waals surface area contributed by atoms with Gasteiger partial charge in [0.15, 0.2) is 0 Å². The molecule has 1 aliphatic carbocycles. The summed E-state index contributed by atoms with van der Waals surface area (Å²) in [5, 5.41) is 9.55. The number of carbonyl (C=O) groups is 1. The van der Waals surface area contributed by atoms with Crippen LogP contribution in [0, 0.1) is 0 Å². The van der Waals surface area contributed by atoms with Gasteiger partial charge in [-0.05, 0) is 24.0 Å². The SMILES string of the molecule is C=Cc1ccc(C2(C(=O)O)CCCCC2)cc1. The van der Waals surface area contributed by atoms with E-state index in [1.807, 2.05) is 24.3 Å². The van der Waals surface area contributed by atoms with Crippen molar-refractivity contribution in [2.75, 3.05) is 0 Å². The van der Waals surface area contributed by atoms with Crippen molar-refractivity contribution in [1.29, 1.82) is 0 Å². The van der Waals surface area contributed by atoms with Crippen LogP contribution in [0.15, 0.2) is 30.8 Å². The Morgan fingerprint density at radius 1 is 1.18 bits per heavy atom. The Labute approximate surface area is 102 Å². The number of carboxylic acid groups (broad SMARTS) is 1. The first-order valence-corrected chi connectivity index (χ1v) is 6.15. The van der Waals surface area contributed by atoms with Crippen LogP contribution in [0.25, 0.3) is 6.08 Å². The van der Waals surface area contributed by atoms with E-state index in [4.69, 9.17) is 0 Å². The number of aliphatic carboxylic acids is 1. The first-order valence-electron chi connectivity index (χ1n) is 6.15. The molecule has 1 N–H and O–H groups in total. The molecule has 1 saturated carbocycles. The standard InChI is InChI=1S/C15H18O2/c1-2-12-6-8-13(9-7-12)15(14(16)17)10-4-3-5-11-15/h2,6-9H,1,3-5,10-11H2,(H,16,17). The third kappa shape index (κ3) is 2.12. The van der Waals surface area contributed by atoms with Gasteiger partial charge in [-0.25, -0.2) is 0 Å². The zero-order valence-corrected chi connectivity index (χ0v) is 9.98. The summed E-state index contributed by atoms with van der Waals surface area (Å²) in [6, 6.07) is 7.77. The van der Waals surface area contributed by atoms with Crippen molar-refractivity contribution in [2.24, 2.45) is 0 Å². The quantitative estimate of drug-likeness (QED) is 0.861. The molecule has 0 unspecified atom stereocenters. The van der Waals surface area contributed by atoms with Crippen molar-refractivity contribution in [3.8, 4) is 0 Å². The van der Waals surface area contributed by atoms with Crippen molar-refractivity contribution in [3.05, 3.63) is 42.0 Å². The maximum atomic E-state index is 11.6. The van der Waals surface area contributed by atoms with Gasteiger partial charge in [-0.15, -0.1) is 0 Å². The zero-order valence-electron chi connectivity index (χ0n) is 9.98. The second-order valence-electron chi connectivity index (χ2n) is 4.77. The normalized spacial score (nSPS) is 18.6. The number of hydrogen-bond donors (Lipinski definition) is 1. The van der Waals surface area contributed by atoms with Gasteiger partial charge in [0.05, 0.1) is 5.41 Å². The van der Waals surface area contributed by atoms with Gasteiger partial charge in [0.2, 0.25) is 0 Å². The van der Waals surface area contributed by atoms with E-state index >= 15 is 0 Å². The Balaban J connectivity index is 2.37. The largest absolute Gasteiger partial charge is 0.481 e. The van der Waals surface area contributed by atoms with Crippen LogP contribution >= 0.6 is 0 Å². The fraction of sp³-hybridized carbons (Fsp3) is 0.400. The Kier molecular flexibility index (Phi) is 3.32. The summed E-state index contributed by atoms with van der Waals surface area (Å²) in [6.45, 7) is 3.71. The molecule has 0 saturated heterocycles. The summed E-state index contributed by atoms with van der Waals surface area (Å²) in [7, 11) is 0. The Morgan fingerprint density at radius 2 is 1.76 bits per heavy atom. The molecule has 0 atom stereocenters. The number of hydrogen-bond acceptors (Lipinski definition) is 1. The third-order valence-corrected chi connectivity index (χ3v) is 3.82. The lowest BCUT2D eigenvalue weighted by atomic mass is 9.69. The number of carboxylic acids is 1. The first kappa shape index (κ1) is 11.9. The summed E-state index contributed by atoms with van der Waals surface area (Å²) in [5.74, 6) is -0.677. The first-order chi connectivity index (χ1) is 8.19. The van der Waals surface area contributed by atoms with E-state index in [1.54, 1.807) is 6.08 Å². The van der Waals surface area contributed by atoms with E-state index in [1.165, 1.54) is 0 Å². The topological polar surface area (TPSA) is 37.3 Å².